The van der Waals surface area contributed by atoms with E-state index < -0.39 is 8.87 Å². The lowest BCUT2D eigenvalue weighted by molar-refractivity contribution is 0.594. The molecule has 1 rings (SSSR count). The van der Waals surface area contributed by atoms with Crippen molar-refractivity contribution in [3.05, 3.63) is 10.4 Å². The highest BCUT2D eigenvalue weighted by Crippen LogP contribution is 2.24. The minimum absolute atomic E-state index is 0.0122. The molecule has 0 spiro atoms. The summed E-state index contributed by atoms with van der Waals surface area (Å²) < 4.78 is 21.8. The van der Waals surface area contributed by atoms with Crippen LogP contribution in [0.4, 0.5) is 0 Å². The number of hydrogen-bond donors (Lipinski definition) is 0. The van der Waals surface area contributed by atoms with Crippen LogP contribution in [0.1, 0.15) is 6.42 Å². The van der Waals surface area contributed by atoms with Gasteiger partial charge in [-0.05, 0) is 22.7 Å². The molecule has 1 atom stereocenters. The third kappa shape index (κ3) is 2.61. The first-order valence-electron chi connectivity index (χ1n) is 3.05. The van der Waals surface area contributed by atoms with Crippen LogP contribution in [0.25, 0.3) is 10.4 Å². The average molecular weight is 193 g/mol. The second-order valence-electron chi connectivity index (χ2n) is 2.19. The highest BCUT2D eigenvalue weighted by molar-refractivity contribution is 8.72. The molecule has 1 heterocycles. The molecule has 62 valence electrons. The van der Waals surface area contributed by atoms with Gasteiger partial charge in [-0.3, -0.25) is 0 Å². The Kier molecular flexibility index (Phi) is 2.64. The predicted molar refractivity (Wildman–Crippen MR) is 43.8 cm³/mol. The zero-order valence-corrected chi connectivity index (χ0v) is 7.31. The van der Waals surface area contributed by atoms with Crippen molar-refractivity contribution in [3.63, 3.8) is 0 Å². The SMILES string of the molecule is [N-]=[N+]=NC1CCSS(=O)(=O)C1. The third-order valence-corrected chi connectivity index (χ3v) is 4.87. The van der Waals surface area contributed by atoms with Crippen LogP contribution in [0.15, 0.2) is 5.11 Å². The van der Waals surface area contributed by atoms with Gasteiger partial charge in [-0.2, -0.15) is 0 Å². The van der Waals surface area contributed by atoms with Crippen LogP contribution in [0.2, 0.25) is 0 Å². The van der Waals surface area contributed by atoms with Crippen LogP contribution in [-0.4, -0.2) is 26.0 Å². The van der Waals surface area contributed by atoms with Gasteiger partial charge in [0.05, 0.1) is 11.8 Å². The molecule has 0 saturated carbocycles. The van der Waals surface area contributed by atoms with Gasteiger partial charge < -0.3 is 0 Å². The molecule has 5 nitrogen and oxygen atoms in total. The summed E-state index contributed by atoms with van der Waals surface area (Å²) in [5.41, 5.74) is 8.05. The Morgan fingerprint density at radius 1 is 1.64 bits per heavy atom. The molecule has 7 heteroatoms. The van der Waals surface area contributed by atoms with Crippen molar-refractivity contribution in [2.75, 3.05) is 11.5 Å². The molecule has 0 bridgehead atoms. The molecular formula is C4H7N3O2S2. The lowest BCUT2D eigenvalue weighted by Gasteiger charge is -2.15. The number of nitrogens with zero attached hydrogens (tertiary/aromatic N) is 3. The molecule has 0 amide bonds. The van der Waals surface area contributed by atoms with Gasteiger partial charge in [0.1, 0.15) is 0 Å². The summed E-state index contributed by atoms with van der Waals surface area (Å²) in [6, 6.07) is -0.355. The van der Waals surface area contributed by atoms with Crippen LogP contribution >= 0.6 is 10.8 Å². The second-order valence-corrected chi connectivity index (χ2v) is 6.52. The predicted octanol–water partition coefficient (Wildman–Crippen LogP) is 1.13. The standard InChI is InChI=1S/C4H7N3O2S2/c5-7-6-4-1-2-10-11(8,9)3-4/h4H,1-3H2. The minimum Gasteiger partial charge on any atom is -0.217 e. The summed E-state index contributed by atoms with van der Waals surface area (Å²) in [4.78, 5) is 2.58. The molecule has 0 aromatic rings. The smallest absolute Gasteiger partial charge is 0.201 e. The Morgan fingerprint density at radius 3 is 2.91 bits per heavy atom. The van der Waals surface area contributed by atoms with Gasteiger partial charge >= 0.3 is 0 Å². The maximum absolute atomic E-state index is 10.9. The van der Waals surface area contributed by atoms with Crippen molar-refractivity contribution in [3.8, 4) is 0 Å². The Hall–Kier alpha value is -0.390. The van der Waals surface area contributed by atoms with E-state index in [1.807, 2.05) is 0 Å². The molecule has 11 heavy (non-hydrogen) atoms. The Labute approximate surface area is 68.1 Å². The first kappa shape index (κ1) is 8.70. The summed E-state index contributed by atoms with van der Waals surface area (Å²) in [5, 5.41) is 3.37. The van der Waals surface area contributed by atoms with Crippen LogP contribution in [0.3, 0.4) is 0 Å². The van der Waals surface area contributed by atoms with Crippen molar-refractivity contribution in [2.45, 2.75) is 12.5 Å². The molecule has 1 fully saturated rings. The number of hydrogen-bond acceptors (Lipinski definition) is 4. The van der Waals surface area contributed by atoms with Gasteiger partial charge in [0.25, 0.3) is 0 Å². The monoisotopic (exact) mass is 193 g/mol. The fourth-order valence-corrected chi connectivity index (χ4v) is 4.08. The molecule has 1 aliphatic rings. The van der Waals surface area contributed by atoms with Gasteiger partial charge in [-0.15, -0.1) is 0 Å². The van der Waals surface area contributed by atoms with Crippen molar-refractivity contribution >= 4 is 19.7 Å². The quantitative estimate of drug-likeness (QED) is 0.271. The zero-order valence-electron chi connectivity index (χ0n) is 5.67. The molecule has 1 saturated heterocycles. The van der Waals surface area contributed by atoms with E-state index in [1.54, 1.807) is 0 Å². The van der Waals surface area contributed by atoms with E-state index in [1.165, 1.54) is 0 Å². The maximum Gasteiger partial charge on any atom is 0.201 e. The van der Waals surface area contributed by atoms with Crippen LogP contribution in [0, 0.1) is 0 Å². The van der Waals surface area contributed by atoms with Gasteiger partial charge in [-0.25, -0.2) is 8.42 Å². The molecule has 0 radical (unpaired) electrons. The number of azide groups is 1. The van der Waals surface area contributed by atoms with E-state index in [0.717, 1.165) is 10.8 Å². The Balaban J connectivity index is 2.67. The normalized spacial score (nSPS) is 28.9. The molecule has 0 N–H and O–H groups in total. The summed E-state index contributed by atoms with van der Waals surface area (Å²) in [5.74, 6) is 0.522. The van der Waals surface area contributed by atoms with E-state index in [-0.39, 0.29) is 11.8 Å². The van der Waals surface area contributed by atoms with Crippen molar-refractivity contribution in [2.24, 2.45) is 5.11 Å². The molecule has 1 aliphatic heterocycles. The summed E-state index contributed by atoms with van der Waals surface area (Å²) in [6.07, 6.45) is 0.661. The van der Waals surface area contributed by atoms with Gasteiger partial charge in [0.15, 0.2) is 0 Å². The van der Waals surface area contributed by atoms with Crippen LogP contribution < -0.4 is 0 Å². The minimum atomic E-state index is -3.00. The Bertz CT molecular complexity index is 280. The fourth-order valence-electron chi connectivity index (χ4n) is 0.842. The topological polar surface area (TPSA) is 82.9 Å². The molecule has 0 aliphatic carbocycles. The van der Waals surface area contributed by atoms with Crippen molar-refractivity contribution < 1.29 is 8.42 Å². The van der Waals surface area contributed by atoms with Crippen molar-refractivity contribution in [1.82, 2.24) is 0 Å². The lowest BCUT2D eigenvalue weighted by atomic mass is 10.3. The Morgan fingerprint density at radius 2 is 2.36 bits per heavy atom. The largest absolute Gasteiger partial charge is 0.217 e. The number of rotatable bonds is 1. The van der Waals surface area contributed by atoms with Crippen LogP contribution in [0.5, 0.6) is 0 Å². The van der Waals surface area contributed by atoms with E-state index in [2.05, 4.69) is 10.0 Å². The highest BCUT2D eigenvalue weighted by Gasteiger charge is 2.24. The first-order valence-corrected chi connectivity index (χ1v) is 6.21. The highest BCUT2D eigenvalue weighted by atomic mass is 33.1. The second kappa shape index (κ2) is 3.34. The van der Waals surface area contributed by atoms with Crippen molar-refractivity contribution in [1.29, 1.82) is 0 Å². The first-order chi connectivity index (χ1) is 5.14. The average Bonchev–Trinajstić information content (AvgIpc) is 1.85. The lowest BCUT2D eigenvalue weighted by Crippen LogP contribution is -2.22. The molecule has 0 aromatic carbocycles. The molecular weight excluding hydrogens is 186 g/mol. The van der Waals surface area contributed by atoms with Gasteiger partial charge in [-0.1, -0.05) is 5.11 Å². The van der Waals surface area contributed by atoms with E-state index in [9.17, 15) is 8.42 Å². The van der Waals surface area contributed by atoms with Gasteiger partial charge in [0, 0.05) is 10.7 Å². The van der Waals surface area contributed by atoms with E-state index in [0.29, 0.717) is 12.2 Å². The maximum atomic E-state index is 10.9. The zero-order chi connectivity index (χ0) is 8.32. The molecule has 0 aromatic heterocycles. The van der Waals surface area contributed by atoms with Crippen LogP contribution in [-0.2, 0) is 8.87 Å². The summed E-state index contributed by atoms with van der Waals surface area (Å²) in [7, 11) is -2.06. The van der Waals surface area contributed by atoms with E-state index >= 15 is 0 Å². The van der Waals surface area contributed by atoms with E-state index in [4.69, 9.17) is 5.53 Å². The summed E-state index contributed by atoms with van der Waals surface area (Å²) >= 11 is 0. The summed E-state index contributed by atoms with van der Waals surface area (Å²) in [6.45, 7) is 0. The third-order valence-electron chi connectivity index (χ3n) is 1.33. The fraction of sp³-hybridized carbons (Fsp3) is 1.00. The molecule has 1 unspecified atom stereocenters. The van der Waals surface area contributed by atoms with Gasteiger partial charge in [0.2, 0.25) is 8.87 Å².